The summed E-state index contributed by atoms with van der Waals surface area (Å²) < 4.78 is 6.89. The van der Waals surface area contributed by atoms with Crippen molar-refractivity contribution in [2.24, 2.45) is 0 Å². The van der Waals surface area contributed by atoms with Crippen LogP contribution in [0.2, 0.25) is 10.0 Å². The molecule has 1 N–H and O–H groups in total. The van der Waals surface area contributed by atoms with Crippen molar-refractivity contribution >= 4 is 44.8 Å². The maximum atomic E-state index is 6.38. The molecule has 0 spiro atoms. The Morgan fingerprint density at radius 2 is 1.81 bits per heavy atom. The van der Waals surface area contributed by atoms with E-state index in [0.29, 0.717) is 28.9 Å². The molecule has 0 atom stereocenters. The van der Waals surface area contributed by atoms with Crippen LogP contribution in [0.4, 0.5) is 5.69 Å². The van der Waals surface area contributed by atoms with Crippen molar-refractivity contribution in [1.82, 2.24) is 0 Å². The van der Waals surface area contributed by atoms with Crippen molar-refractivity contribution < 1.29 is 4.74 Å². The number of hydrogen-bond donors (Lipinski definition) is 1. The summed E-state index contributed by atoms with van der Waals surface area (Å²) in [5.74, 6) is 0.662. The molecule has 0 heterocycles. The van der Waals surface area contributed by atoms with Crippen molar-refractivity contribution in [3.63, 3.8) is 0 Å². The van der Waals surface area contributed by atoms with Gasteiger partial charge in [0.1, 0.15) is 12.4 Å². The maximum Gasteiger partial charge on any atom is 0.138 e. The molecule has 0 saturated carbocycles. The average Bonchev–Trinajstić information content (AvgIpc) is 2.60. The highest BCUT2D eigenvalue weighted by atomic mass is 79.9. The molecule has 2 nitrogen and oxygen atoms in total. The lowest BCUT2D eigenvalue weighted by molar-refractivity contribution is 0.306. The van der Waals surface area contributed by atoms with Crippen molar-refractivity contribution in [2.45, 2.75) is 20.1 Å². The zero-order valence-corrected chi connectivity index (χ0v) is 17.3. The first-order valence-electron chi connectivity index (χ1n) is 8.17. The van der Waals surface area contributed by atoms with Crippen LogP contribution in [0.1, 0.15) is 16.7 Å². The Kier molecular flexibility index (Phi) is 6.47. The zero-order valence-electron chi connectivity index (χ0n) is 14.2. The van der Waals surface area contributed by atoms with Crippen LogP contribution in [0.5, 0.6) is 5.75 Å². The number of nitrogens with one attached hydrogen (secondary N) is 1. The number of aryl methyl sites for hydroxylation is 1. The van der Waals surface area contributed by atoms with E-state index in [2.05, 4.69) is 40.3 Å². The van der Waals surface area contributed by atoms with Crippen molar-refractivity contribution in [2.75, 3.05) is 5.32 Å². The number of benzene rings is 3. The molecule has 134 valence electrons. The molecular weight excluding hydrogens is 433 g/mol. The van der Waals surface area contributed by atoms with E-state index in [9.17, 15) is 0 Å². The molecular formula is C21H18BrCl2NO. The quantitative estimate of drug-likeness (QED) is 0.426. The zero-order chi connectivity index (χ0) is 18.5. The van der Waals surface area contributed by atoms with E-state index in [-0.39, 0.29) is 0 Å². The van der Waals surface area contributed by atoms with Crippen LogP contribution in [0.25, 0.3) is 0 Å². The third-order valence-corrected chi connectivity index (χ3v) is 4.97. The summed E-state index contributed by atoms with van der Waals surface area (Å²) in [6, 6.07) is 19.6. The first kappa shape index (κ1) is 19.1. The van der Waals surface area contributed by atoms with Crippen LogP contribution in [0.3, 0.4) is 0 Å². The minimum atomic E-state index is 0.427. The summed E-state index contributed by atoms with van der Waals surface area (Å²) in [4.78, 5) is 0. The number of hydrogen-bond acceptors (Lipinski definition) is 2. The molecule has 5 heteroatoms. The van der Waals surface area contributed by atoms with Gasteiger partial charge in [-0.25, -0.2) is 0 Å². The van der Waals surface area contributed by atoms with Crippen LogP contribution in [-0.4, -0.2) is 0 Å². The van der Waals surface area contributed by atoms with Crippen LogP contribution >= 0.6 is 39.1 Å². The fourth-order valence-electron chi connectivity index (χ4n) is 2.58. The van der Waals surface area contributed by atoms with E-state index in [1.54, 1.807) is 0 Å². The van der Waals surface area contributed by atoms with Crippen molar-refractivity contribution in [3.05, 3.63) is 91.9 Å². The van der Waals surface area contributed by atoms with Crippen molar-refractivity contribution in [3.8, 4) is 5.75 Å². The van der Waals surface area contributed by atoms with Gasteiger partial charge >= 0.3 is 0 Å². The second-order valence-electron chi connectivity index (χ2n) is 6.00. The maximum absolute atomic E-state index is 6.38. The van der Waals surface area contributed by atoms with Gasteiger partial charge in [-0.1, -0.05) is 57.3 Å². The molecule has 0 aliphatic carbocycles. The largest absolute Gasteiger partial charge is 0.487 e. The van der Waals surface area contributed by atoms with Crippen LogP contribution in [-0.2, 0) is 13.2 Å². The predicted molar refractivity (Wildman–Crippen MR) is 113 cm³/mol. The molecule has 0 bridgehead atoms. The van der Waals surface area contributed by atoms with E-state index < -0.39 is 0 Å². The Morgan fingerprint density at radius 1 is 0.962 bits per heavy atom. The summed E-state index contributed by atoms with van der Waals surface area (Å²) in [6.07, 6.45) is 0. The van der Waals surface area contributed by atoms with Crippen LogP contribution < -0.4 is 10.1 Å². The number of rotatable bonds is 6. The normalized spacial score (nSPS) is 10.6. The van der Waals surface area contributed by atoms with Gasteiger partial charge in [0.2, 0.25) is 0 Å². The molecule has 3 rings (SSSR count). The smallest absolute Gasteiger partial charge is 0.138 e. The van der Waals surface area contributed by atoms with Gasteiger partial charge in [-0.15, -0.1) is 0 Å². The fraction of sp³-hybridized carbons (Fsp3) is 0.143. The minimum absolute atomic E-state index is 0.427. The highest BCUT2D eigenvalue weighted by Gasteiger charge is 2.05. The van der Waals surface area contributed by atoms with E-state index >= 15 is 0 Å². The minimum Gasteiger partial charge on any atom is -0.487 e. The van der Waals surface area contributed by atoms with E-state index in [1.165, 1.54) is 5.56 Å². The van der Waals surface area contributed by atoms with Gasteiger partial charge in [0.15, 0.2) is 0 Å². The second-order valence-corrected chi connectivity index (χ2v) is 7.76. The first-order valence-corrected chi connectivity index (χ1v) is 9.72. The lowest BCUT2D eigenvalue weighted by Gasteiger charge is -2.12. The van der Waals surface area contributed by atoms with Crippen LogP contribution in [0, 0.1) is 6.92 Å². The number of ether oxygens (including phenoxy) is 1. The average molecular weight is 451 g/mol. The van der Waals surface area contributed by atoms with Gasteiger partial charge in [0.05, 0.1) is 5.02 Å². The van der Waals surface area contributed by atoms with Gasteiger partial charge in [-0.2, -0.15) is 0 Å². The Labute approximate surface area is 172 Å². The van der Waals surface area contributed by atoms with Crippen LogP contribution in [0.15, 0.2) is 65.1 Å². The molecule has 0 amide bonds. The van der Waals surface area contributed by atoms with Gasteiger partial charge < -0.3 is 10.1 Å². The number of anilines is 1. The SMILES string of the molecule is Cc1cc(Br)ccc1NCc1ccc(OCc2cccc(Cl)c2)c(Cl)c1. The van der Waals surface area contributed by atoms with E-state index in [4.69, 9.17) is 27.9 Å². The van der Waals surface area contributed by atoms with Gasteiger partial charge in [-0.05, 0) is 66.1 Å². The van der Waals surface area contributed by atoms with E-state index in [1.807, 2.05) is 48.5 Å². The molecule has 0 unspecified atom stereocenters. The number of halogens is 3. The molecule has 0 saturated heterocycles. The molecule has 3 aromatic carbocycles. The molecule has 0 radical (unpaired) electrons. The Bertz CT molecular complexity index is 914. The predicted octanol–water partition coefficient (Wildman–Crippen LogP) is 7.26. The third-order valence-electron chi connectivity index (χ3n) is 3.95. The van der Waals surface area contributed by atoms with Gasteiger partial charge in [-0.3, -0.25) is 0 Å². The molecule has 26 heavy (non-hydrogen) atoms. The standard InChI is InChI=1S/C21H18BrCl2NO/c1-14-9-17(22)6-7-20(14)25-12-15-5-8-21(19(24)11-15)26-13-16-3-2-4-18(23)10-16/h2-11,25H,12-13H2,1H3. The summed E-state index contributed by atoms with van der Waals surface area (Å²) in [5.41, 5.74) is 4.38. The fourth-order valence-corrected chi connectivity index (χ4v) is 3.53. The summed E-state index contributed by atoms with van der Waals surface area (Å²) in [7, 11) is 0. The first-order chi connectivity index (χ1) is 12.5. The molecule has 0 aliphatic heterocycles. The Hall–Kier alpha value is -1.68. The molecule has 0 aromatic heterocycles. The molecule has 0 aliphatic rings. The molecule has 3 aromatic rings. The third kappa shape index (κ3) is 5.16. The van der Waals surface area contributed by atoms with Crippen molar-refractivity contribution in [1.29, 1.82) is 0 Å². The lowest BCUT2D eigenvalue weighted by atomic mass is 10.1. The summed E-state index contributed by atoms with van der Waals surface area (Å²) >= 11 is 15.8. The van der Waals surface area contributed by atoms with E-state index in [0.717, 1.165) is 21.3 Å². The summed E-state index contributed by atoms with van der Waals surface area (Å²) in [5, 5.41) is 4.72. The molecule has 0 fully saturated rings. The Morgan fingerprint density at radius 3 is 2.54 bits per heavy atom. The topological polar surface area (TPSA) is 21.3 Å². The van der Waals surface area contributed by atoms with Gasteiger partial charge in [0.25, 0.3) is 0 Å². The lowest BCUT2D eigenvalue weighted by Crippen LogP contribution is -2.02. The summed E-state index contributed by atoms with van der Waals surface area (Å²) in [6.45, 7) is 3.19. The second kappa shape index (κ2) is 8.81. The van der Waals surface area contributed by atoms with Gasteiger partial charge in [0, 0.05) is 21.7 Å². The Balaban J connectivity index is 1.61. The highest BCUT2D eigenvalue weighted by Crippen LogP contribution is 2.27. The highest BCUT2D eigenvalue weighted by molar-refractivity contribution is 9.10. The monoisotopic (exact) mass is 449 g/mol.